The molecule has 0 radical (unpaired) electrons. The monoisotopic (exact) mass is 335 g/mol. The van der Waals surface area contributed by atoms with Gasteiger partial charge in [-0.05, 0) is 25.0 Å². The van der Waals surface area contributed by atoms with Gasteiger partial charge in [0.05, 0.1) is 18.0 Å². The van der Waals surface area contributed by atoms with Gasteiger partial charge < -0.3 is 0 Å². The predicted octanol–water partition coefficient (Wildman–Crippen LogP) is 1.37. The minimum absolute atomic E-state index is 0.0233. The van der Waals surface area contributed by atoms with E-state index in [2.05, 4.69) is 10.2 Å². The van der Waals surface area contributed by atoms with Crippen LogP contribution in [0.15, 0.2) is 40.2 Å². The van der Waals surface area contributed by atoms with Crippen LogP contribution in [-0.4, -0.2) is 33.0 Å². The Morgan fingerprint density at radius 2 is 2.00 bits per heavy atom. The van der Waals surface area contributed by atoms with Crippen LogP contribution < -0.4 is 5.56 Å². The van der Waals surface area contributed by atoms with E-state index in [1.54, 1.807) is 13.8 Å². The number of nitriles is 1. The molecule has 0 fully saturated rings. The van der Waals surface area contributed by atoms with E-state index in [9.17, 15) is 9.59 Å². The van der Waals surface area contributed by atoms with Crippen molar-refractivity contribution in [3.8, 4) is 6.07 Å². The van der Waals surface area contributed by atoms with E-state index >= 15 is 0 Å². The van der Waals surface area contributed by atoms with E-state index in [-0.39, 0.29) is 18.0 Å². The molecule has 7 nitrogen and oxygen atoms in total. The summed E-state index contributed by atoms with van der Waals surface area (Å²) in [6, 6.07) is 11.5. The van der Waals surface area contributed by atoms with Crippen LogP contribution in [0.3, 0.4) is 0 Å². The lowest BCUT2D eigenvalue weighted by molar-refractivity contribution is -0.131. The number of nitrogens with zero attached hydrogens (tertiary/aromatic N) is 5. The molecule has 1 aromatic heterocycles. The highest BCUT2D eigenvalue weighted by Gasteiger charge is 2.23. The summed E-state index contributed by atoms with van der Waals surface area (Å²) < 4.78 is 1.04. The van der Waals surface area contributed by atoms with E-state index in [1.165, 1.54) is 5.01 Å². The van der Waals surface area contributed by atoms with Crippen LogP contribution in [0.2, 0.25) is 0 Å². The minimum Gasteiger partial charge on any atom is -0.271 e. The maximum atomic E-state index is 12.5. The molecule has 0 N–H and O–H groups in total. The number of carbonyl (C=O) groups is 1. The van der Waals surface area contributed by atoms with Crippen molar-refractivity contribution in [1.29, 1.82) is 5.26 Å². The molecule has 3 rings (SSSR count). The Balaban J connectivity index is 1.83. The zero-order chi connectivity index (χ0) is 18.0. The number of hydrazone groups is 1. The largest absolute Gasteiger partial charge is 0.285 e. The van der Waals surface area contributed by atoms with Crippen LogP contribution in [0.25, 0.3) is 0 Å². The molecular formula is C18H17N5O2. The van der Waals surface area contributed by atoms with Crippen molar-refractivity contribution in [3.63, 3.8) is 0 Å². The first-order valence-corrected chi connectivity index (χ1v) is 7.93. The van der Waals surface area contributed by atoms with Gasteiger partial charge in [-0.25, -0.2) is 9.69 Å². The van der Waals surface area contributed by atoms with Crippen LogP contribution in [0.5, 0.6) is 0 Å². The molecule has 1 amide bonds. The van der Waals surface area contributed by atoms with Crippen LogP contribution >= 0.6 is 0 Å². The second kappa shape index (κ2) is 6.69. The summed E-state index contributed by atoms with van der Waals surface area (Å²) >= 11 is 0. The van der Waals surface area contributed by atoms with Gasteiger partial charge in [-0.15, -0.1) is 0 Å². The van der Waals surface area contributed by atoms with Gasteiger partial charge >= 0.3 is 0 Å². The lowest BCUT2D eigenvalue weighted by atomic mass is 10.1. The quantitative estimate of drug-likeness (QED) is 0.847. The SMILES string of the molecule is Cc1nn(CC(=O)N2CCC(c3ccccc3)=N2)c(=O)c(C#N)c1C. The highest BCUT2D eigenvalue weighted by atomic mass is 16.2. The fourth-order valence-electron chi connectivity index (χ4n) is 2.69. The standard InChI is InChI=1S/C18H17N5O2/c1-12-13(2)20-23(18(25)15(12)10-19)11-17(24)22-9-8-16(21-22)14-6-4-3-5-7-14/h3-7H,8-9,11H2,1-2H3. The summed E-state index contributed by atoms with van der Waals surface area (Å²) in [4.78, 5) is 24.8. The molecule has 2 heterocycles. The first-order chi connectivity index (χ1) is 12.0. The van der Waals surface area contributed by atoms with Crippen LogP contribution in [0, 0.1) is 25.2 Å². The van der Waals surface area contributed by atoms with Gasteiger partial charge in [-0.2, -0.15) is 15.5 Å². The average molecular weight is 335 g/mol. The Kier molecular flexibility index (Phi) is 4.44. The van der Waals surface area contributed by atoms with Crippen molar-refractivity contribution in [1.82, 2.24) is 14.8 Å². The molecule has 0 unspecified atom stereocenters. The Labute approximate surface area is 144 Å². The highest BCUT2D eigenvalue weighted by Crippen LogP contribution is 2.14. The third-order valence-electron chi connectivity index (χ3n) is 4.23. The molecule has 0 atom stereocenters. The van der Waals surface area contributed by atoms with Crippen molar-refractivity contribution in [3.05, 3.63) is 63.1 Å². The van der Waals surface area contributed by atoms with Crippen LogP contribution in [0.1, 0.15) is 28.8 Å². The molecule has 0 aliphatic carbocycles. The Hall–Kier alpha value is -3.27. The van der Waals surface area contributed by atoms with Gasteiger partial charge in [0.1, 0.15) is 18.2 Å². The molecule has 0 saturated heterocycles. The molecule has 126 valence electrons. The number of hydrogen-bond donors (Lipinski definition) is 0. The third kappa shape index (κ3) is 3.19. The number of hydrogen-bond acceptors (Lipinski definition) is 5. The summed E-state index contributed by atoms with van der Waals surface area (Å²) in [6.45, 7) is 3.61. The fourth-order valence-corrected chi connectivity index (χ4v) is 2.69. The zero-order valence-electron chi connectivity index (χ0n) is 14.1. The number of rotatable bonds is 3. The number of amides is 1. The smallest absolute Gasteiger partial charge is 0.271 e. The van der Waals surface area contributed by atoms with Gasteiger partial charge in [-0.3, -0.25) is 9.59 Å². The Morgan fingerprint density at radius 1 is 1.28 bits per heavy atom. The molecule has 7 heteroatoms. The highest BCUT2D eigenvalue weighted by molar-refractivity contribution is 6.02. The summed E-state index contributed by atoms with van der Waals surface area (Å²) in [5, 5.41) is 19.0. The average Bonchev–Trinajstić information content (AvgIpc) is 3.11. The first kappa shape index (κ1) is 16.6. The predicted molar refractivity (Wildman–Crippen MR) is 92.0 cm³/mol. The zero-order valence-corrected chi connectivity index (χ0v) is 14.1. The molecule has 1 aliphatic rings. The van der Waals surface area contributed by atoms with Crippen molar-refractivity contribution in [2.45, 2.75) is 26.8 Å². The minimum atomic E-state index is -0.551. The molecule has 1 aliphatic heterocycles. The fraction of sp³-hybridized carbons (Fsp3) is 0.278. The number of aryl methyl sites for hydroxylation is 1. The Morgan fingerprint density at radius 3 is 2.68 bits per heavy atom. The van der Waals surface area contributed by atoms with Crippen molar-refractivity contribution >= 4 is 11.6 Å². The van der Waals surface area contributed by atoms with E-state index in [4.69, 9.17) is 5.26 Å². The second-order valence-electron chi connectivity index (χ2n) is 5.84. The lowest BCUT2D eigenvalue weighted by Crippen LogP contribution is -2.35. The van der Waals surface area contributed by atoms with Gasteiger partial charge in [0, 0.05) is 6.42 Å². The lowest BCUT2D eigenvalue weighted by Gasteiger charge is -2.13. The number of aromatic nitrogens is 2. The van der Waals surface area contributed by atoms with Gasteiger partial charge in [0.15, 0.2) is 0 Å². The summed E-state index contributed by atoms with van der Waals surface area (Å²) in [5.41, 5.74) is 2.39. The first-order valence-electron chi connectivity index (χ1n) is 7.93. The van der Waals surface area contributed by atoms with Gasteiger partial charge in [-0.1, -0.05) is 30.3 Å². The molecule has 0 saturated carbocycles. The molecular weight excluding hydrogens is 318 g/mol. The normalized spacial score (nSPS) is 13.5. The van der Waals surface area contributed by atoms with E-state index < -0.39 is 5.56 Å². The molecule has 25 heavy (non-hydrogen) atoms. The van der Waals surface area contributed by atoms with Gasteiger partial charge in [0.2, 0.25) is 0 Å². The summed E-state index contributed by atoms with van der Waals surface area (Å²) in [6.07, 6.45) is 0.661. The number of carbonyl (C=O) groups excluding carboxylic acids is 1. The molecule has 0 spiro atoms. The maximum Gasteiger partial charge on any atom is 0.285 e. The van der Waals surface area contributed by atoms with Crippen molar-refractivity contribution in [2.24, 2.45) is 5.10 Å². The van der Waals surface area contributed by atoms with Crippen LogP contribution in [-0.2, 0) is 11.3 Å². The molecule has 1 aromatic carbocycles. The third-order valence-corrected chi connectivity index (χ3v) is 4.23. The Bertz CT molecular complexity index is 954. The van der Waals surface area contributed by atoms with E-state index in [1.807, 2.05) is 36.4 Å². The van der Waals surface area contributed by atoms with Crippen molar-refractivity contribution in [2.75, 3.05) is 6.54 Å². The summed E-state index contributed by atoms with van der Waals surface area (Å²) in [7, 11) is 0. The molecule has 0 bridgehead atoms. The van der Waals surface area contributed by atoms with Crippen LogP contribution in [0.4, 0.5) is 0 Å². The van der Waals surface area contributed by atoms with E-state index in [0.717, 1.165) is 16.0 Å². The maximum absolute atomic E-state index is 12.5. The van der Waals surface area contributed by atoms with Gasteiger partial charge in [0.25, 0.3) is 11.5 Å². The van der Waals surface area contributed by atoms with Crippen molar-refractivity contribution < 1.29 is 4.79 Å². The number of benzene rings is 1. The molecule has 2 aromatic rings. The van der Waals surface area contributed by atoms with E-state index in [0.29, 0.717) is 24.2 Å². The second-order valence-corrected chi connectivity index (χ2v) is 5.84. The summed E-state index contributed by atoms with van der Waals surface area (Å²) in [5.74, 6) is -0.326. The topological polar surface area (TPSA) is 91.3 Å².